The van der Waals surface area contributed by atoms with Crippen LogP contribution in [0, 0.1) is 0 Å². The Morgan fingerprint density at radius 1 is 1.25 bits per heavy atom. The summed E-state index contributed by atoms with van der Waals surface area (Å²) in [5, 5.41) is 0.576. The van der Waals surface area contributed by atoms with E-state index in [0.29, 0.717) is 23.1 Å². The van der Waals surface area contributed by atoms with Crippen molar-refractivity contribution in [3.63, 3.8) is 0 Å². The van der Waals surface area contributed by atoms with Gasteiger partial charge in [-0.15, -0.1) is 0 Å². The molecule has 6 nitrogen and oxygen atoms in total. The number of hydrogen-bond acceptors (Lipinski definition) is 6. The minimum absolute atomic E-state index is 0.333. The molecule has 2 aromatic rings. The number of nitrogen functional groups attached to an aromatic ring is 1. The summed E-state index contributed by atoms with van der Waals surface area (Å²) in [6.07, 6.45) is 2.97. The summed E-state index contributed by atoms with van der Waals surface area (Å²) in [6, 6.07) is 5.02. The van der Waals surface area contributed by atoms with Crippen molar-refractivity contribution in [2.45, 2.75) is 24.2 Å². The Hall–Kier alpha value is -1.22. The number of nitrogens with two attached hydrogens (primary N) is 1. The van der Waals surface area contributed by atoms with E-state index in [1.54, 1.807) is 22.5 Å². The highest BCUT2D eigenvalue weighted by Crippen LogP contribution is 2.29. The summed E-state index contributed by atoms with van der Waals surface area (Å²) in [6.45, 7) is 1.22. The van der Waals surface area contributed by atoms with Gasteiger partial charge in [0.2, 0.25) is 10.0 Å². The van der Waals surface area contributed by atoms with Crippen molar-refractivity contribution >= 4 is 36.7 Å². The Bertz CT molecular complexity index is 720. The fourth-order valence-electron chi connectivity index (χ4n) is 2.38. The summed E-state index contributed by atoms with van der Waals surface area (Å²) >= 11 is 1.34. The van der Waals surface area contributed by atoms with E-state index < -0.39 is 10.0 Å². The van der Waals surface area contributed by atoms with Crippen molar-refractivity contribution in [1.82, 2.24) is 9.29 Å². The molecule has 108 valence electrons. The van der Waals surface area contributed by atoms with Crippen molar-refractivity contribution in [1.29, 1.82) is 0 Å². The van der Waals surface area contributed by atoms with Crippen LogP contribution in [0.1, 0.15) is 19.3 Å². The Labute approximate surface area is 121 Å². The number of benzene rings is 1. The van der Waals surface area contributed by atoms with Crippen LogP contribution in [0.4, 0.5) is 5.13 Å². The lowest BCUT2D eigenvalue weighted by Crippen LogP contribution is -2.35. The predicted molar refractivity (Wildman–Crippen MR) is 80.0 cm³/mol. The summed E-state index contributed by atoms with van der Waals surface area (Å²) in [7, 11) is -3.39. The summed E-state index contributed by atoms with van der Waals surface area (Å²) in [5.74, 6) is 5.33. The van der Waals surface area contributed by atoms with Crippen molar-refractivity contribution in [3.8, 4) is 0 Å². The van der Waals surface area contributed by atoms with Gasteiger partial charge in [0.05, 0.1) is 15.1 Å². The number of nitrogens with one attached hydrogen (secondary N) is 1. The van der Waals surface area contributed by atoms with Crippen LogP contribution in [0.25, 0.3) is 10.2 Å². The molecule has 1 aliphatic heterocycles. The van der Waals surface area contributed by atoms with Crippen LogP contribution in [0.2, 0.25) is 0 Å². The zero-order chi connectivity index (χ0) is 14.2. The lowest BCUT2D eigenvalue weighted by molar-refractivity contribution is 0.346. The molecule has 1 aromatic carbocycles. The van der Waals surface area contributed by atoms with Gasteiger partial charge in [0.1, 0.15) is 0 Å². The molecule has 1 aliphatic rings. The molecule has 0 unspecified atom stereocenters. The van der Waals surface area contributed by atoms with Crippen molar-refractivity contribution in [2.24, 2.45) is 5.84 Å². The van der Waals surface area contributed by atoms with Gasteiger partial charge in [-0.3, -0.25) is 5.43 Å². The van der Waals surface area contributed by atoms with E-state index in [0.717, 1.165) is 29.5 Å². The number of anilines is 1. The molecule has 0 atom stereocenters. The summed E-state index contributed by atoms with van der Waals surface area (Å²) in [5.41, 5.74) is 3.24. The van der Waals surface area contributed by atoms with E-state index in [4.69, 9.17) is 5.84 Å². The Balaban J connectivity index is 1.99. The molecule has 0 amide bonds. The largest absolute Gasteiger partial charge is 0.300 e. The quantitative estimate of drug-likeness (QED) is 0.666. The standard InChI is InChI=1S/C12H16N4O2S2/c13-15-12-14-10-5-4-9(8-11(10)19-12)20(17,18)16-6-2-1-3-7-16/h4-5,8H,1-3,6-7,13H2,(H,14,15). The molecule has 8 heteroatoms. The molecule has 0 saturated carbocycles. The SMILES string of the molecule is NNc1nc2ccc(S(=O)(=O)N3CCCCC3)cc2s1. The maximum atomic E-state index is 12.6. The van der Waals surface area contributed by atoms with Gasteiger partial charge in [0, 0.05) is 13.1 Å². The highest BCUT2D eigenvalue weighted by Gasteiger charge is 2.26. The number of nitrogens with zero attached hydrogens (tertiary/aromatic N) is 2. The average molecular weight is 312 g/mol. The van der Waals surface area contributed by atoms with Gasteiger partial charge in [-0.25, -0.2) is 19.2 Å². The molecule has 0 aliphatic carbocycles. The Morgan fingerprint density at radius 3 is 2.70 bits per heavy atom. The van der Waals surface area contributed by atoms with Crippen LogP contribution in [0.5, 0.6) is 0 Å². The van der Waals surface area contributed by atoms with Gasteiger partial charge < -0.3 is 0 Å². The van der Waals surface area contributed by atoms with Crippen LogP contribution in [-0.2, 0) is 10.0 Å². The number of hydrogen-bond donors (Lipinski definition) is 2. The molecule has 1 fully saturated rings. The minimum Gasteiger partial charge on any atom is -0.300 e. The second-order valence-corrected chi connectivity index (χ2v) is 7.73. The number of thiazole rings is 1. The Kier molecular flexibility index (Phi) is 3.63. The second kappa shape index (κ2) is 5.28. The predicted octanol–water partition coefficient (Wildman–Crippen LogP) is 1.76. The molecule has 0 radical (unpaired) electrons. The third kappa shape index (κ3) is 2.39. The monoisotopic (exact) mass is 312 g/mol. The van der Waals surface area contributed by atoms with Crippen LogP contribution < -0.4 is 11.3 Å². The Morgan fingerprint density at radius 2 is 2.00 bits per heavy atom. The third-order valence-corrected chi connectivity index (χ3v) is 6.28. The first-order chi connectivity index (χ1) is 9.61. The first-order valence-electron chi connectivity index (χ1n) is 6.48. The van der Waals surface area contributed by atoms with E-state index >= 15 is 0 Å². The number of fused-ring (bicyclic) bond motifs is 1. The molecule has 1 saturated heterocycles. The van der Waals surface area contributed by atoms with Crippen molar-refractivity contribution in [2.75, 3.05) is 18.5 Å². The molecule has 0 bridgehead atoms. The molecular weight excluding hydrogens is 296 g/mol. The maximum Gasteiger partial charge on any atom is 0.243 e. The zero-order valence-electron chi connectivity index (χ0n) is 10.9. The highest BCUT2D eigenvalue weighted by molar-refractivity contribution is 7.89. The van der Waals surface area contributed by atoms with Gasteiger partial charge in [-0.2, -0.15) is 4.31 Å². The fraction of sp³-hybridized carbons (Fsp3) is 0.417. The van der Waals surface area contributed by atoms with Gasteiger partial charge in [-0.1, -0.05) is 17.8 Å². The topological polar surface area (TPSA) is 88.3 Å². The molecule has 1 aromatic heterocycles. The smallest absolute Gasteiger partial charge is 0.243 e. The van der Waals surface area contributed by atoms with Crippen LogP contribution in [0.3, 0.4) is 0 Å². The summed E-state index contributed by atoms with van der Waals surface area (Å²) in [4.78, 5) is 4.57. The zero-order valence-corrected chi connectivity index (χ0v) is 12.5. The number of sulfonamides is 1. The van der Waals surface area contributed by atoms with Crippen LogP contribution >= 0.6 is 11.3 Å². The average Bonchev–Trinajstić information content (AvgIpc) is 2.90. The molecule has 0 spiro atoms. The van der Waals surface area contributed by atoms with E-state index in [2.05, 4.69) is 10.4 Å². The lowest BCUT2D eigenvalue weighted by Gasteiger charge is -2.25. The first-order valence-corrected chi connectivity index (χ1v) is 8.74. The number of aromatic nitrogens is 1. The molecule has 3 rings (SSSR count). The molecule has 2 heterocycles. The highest BCUT2D eigenvalue weighted by atomic mass is 32.2. The van der Waals surface area contributed by atoms with E-state index in [-0.39, 0.29) is 0 Å². The van der Waals surface area contributed by atoms with Gasteiger partial charge >= 0.3 is 0 Å². The third-order valence-electron chi connectivity index (χ3n) is 3.44. The van der Waals surface area contributed by atoms with Gasteiger partial charge in [0.15, 0.2) is 5.13 Å². The van der Waals surface area contributed by atoms with E-state index in [1.807, 2.05) is 0 Å². The lowest BCUT2D eigenvalue weighted by atomic mass is 10.2. The fourth-order valence-corrected chi connectivity index (χ4v) is 4.82. The van der Waals surface area contributed by atoms with Crippen LogP contribution in [0.15, 0.2) is 23.1 Å². The van der Waals surface area contributed by atoms with E-state index in [9.17, 15) is 8.42 Å². The van der Waals surface area contributed by atoms with Crippen LogP contribution in [-0.4, -0.2) is 30.8 Å². The first kappa shape index (κ1) is 13.7. The number of rotatable bonds is 3. The minimum atomic E-state index is -3.39. The maximum absolute atomic E-state index is 12.6. The second-order valence-electron chi connectivity index (χ2n) is 4.76. The molecule has 3 N–H and O–H groups in total. The van der Waals surface area contributed by atoms with Crippen molar-refractivity contribution < 1.29 is 8.42 Å². The number of piperidine rings is 1. The van der Waals surface area contributed by atoms with Gasteiger partial charge in [-0.05, 0) is 31.0 Å². The van der Waals surface area contributed by atoms with Gasteiger partial charge in [0.25, 0.3) is 0 Å². The normalized spacial score (nSPS) is 17.4. The molecule has 20 heavy (non-hydrogen) atoms. The number of hydrazine groups is 1. The van der Waals surface area contributed by atoms with E-state index in [1.165, 1.54) is 11.3 Å². The summed E-state index contributed by atoms with van der Waals surface area (Å²) < 4.78 is 27.5. The van der Waals surface area contributed by atoms with Crippen molar-refractivity contribution in [3.05, 3.63) is 18.2 Å². The molecular formula is C12H16N4O2S2.